The molecular weight excluding hydrogens is 1010 g/mol. The molecule has 1 aromatic rings. The summed E-state index contributed by atoms with van der Waals surface area (Å²) in [7, 11) is 6.39. The van der Waals surface area contributed by atoms with Crippen LogP contribution >= 0.6 is 0 Å². The molecular formula is C59H104N8O12. The number of aliphatic hydroxyl groups excluding tert-OH is 1. The van der Waals surface area contributed by atoms with Crippen LogP contribution in [0, 0.1) is 29.6 Å². The number of methoxy groups -OCH3 is 2. The van der Waals surface area contributed by atoms with Crippen LogP contribution in [-0.4, -0.2) is 170 Å². The molecule has 0 bridgehead atoms. The molecule has 1 saturated heterocycles. The number of likely N-dealkylation sites (tertiary alicyclic amines) is 1. The predicted octanol–water partition coefficient (Wildman–Crippen LogP) is 5.44. The number of nitrogens with zero attached hydrogens (tertiary/aromatic N) is 3. The van der Waals surface area contributed by atoms with Crippen LogP contribution in [-0.2, 0) is 52.5 Å². The zero-order valence-corrected chi connectivity index (χ0v) is 51.0. The summed E-state index contributed by atoms with van der Waals surface area (Å²) in [6.07, 6.45) is 3.70. The number of hydrogen-bond acceptors (Lipinski definition) is 13. The van der Waals surface area contributed by atoms with Crippen molar-refractivity contribution in [3.8, 4) is 0 Å². The van der Waals surface area contributed by atoms with Crippen LogP contribution in [0.25, 0.3) is 0 Å². The molecule has 1 heterocycles. The Balaban J connectivity index is 2.05. The van der Waals surface area contributed by atoms with Gasteiger partial charge in [-0.1, -0.05) is 91.6 Å². The number of nitrogens with two attached hydrogens (primary N) is 1. The summed E-state index contributed by atoms with van der Waals surface area (Å²) < 4.78 is 24.4. The molecule has 0 radical (unpaired) electrons. The van der Waals surface area contributed by atoms with Crippen molar-refractivity contribution in [1.29, 1.82) is 0 Å². The Kier molecular flexibility index (Phi) is 30.8. The molecule has 79 heavy (non-hydrogen) atoms. The first kappa shape index (κ1) is 70.4. The quantitative estimate of drug-likeness (QED) is 0.0210. The van der Waals surface area contributed by atoms with Gasteiger partial charge in [0.25, 0.3) is 0 Å². The Labute approximate surface area is 473 Å². The first-order chi connectivity index (χ1) is 37.1. The molecule has 10 atom stereocenters. The lowest BCUT2D eigenvalue weighted by Crippen LogP contribution is -2.56. The first-order valence-electron chi connectivity index (χ1n) is 28.8. The van der Waals surface area contributed by atoms with E-state index in [1.165, 1.54) is 4.90 Å². The number of benzene rings is 1. The van der Waals surface area contributed by atoms with Gasteiger partial charge in [0.2, 0.25) is 41.4 Å². The van der Waals surface area contributed by atoms with Crippen LogP contribution in [0.1, 0.15) is 165 Å². The summed E-state index contributed by atoms with van der Waals surface area (Å²) in [4.78, 5) is 98.9. The number of nitrogens with one attached hydrogen (secondary N) is 4. The lowest BCUT2D eigenvalue weighted by atomic mass is 9.87. The van der Waals surface area contributed by atoms with Gasteiger partial charge in [0.1, 0.15) is 12.6 Å². The van der Waals surface area contributed by atoms with Gasteiger partial charge in [-0.25, -0.2) is 5.84 Å². The monoisotopic (exact) mass is 1120 g/mol. The van der Waals surface area contributed by atoms with Crippen molar-refractivity contribution in [3.63, 3.8) is 0 Å². The van der Waals surface area contributed by atoms with Crippen molar-refractivity contribution < 1.29 is 57.6 Å². The number of rotatable bonds is 37. The number of amides is 7. The summed E-state index contributed by atoms with van der Waals surface area (Å²) in [5.74, 6) is 1.53. The van der Waals surface area contributed by atoms with Crippen molar-refractivity contribution in [3.05, 3.63) is 35.9 Å². The van der Waals surface area contributed by atoms with Crippen molar-refractivity contribution in [1.82, 2.24) is 36.1 Å². The Morgan fingerprint density at radius 3 is 1.99 bits per heavy atom. The third-order valence-electron chi connectivity index (χ3n) is 15.9. The van der Waals surface area contributed by atoms with E-state index in [2.05, 4.69) is 21.4 Å². The predicted molar refractivity (Wildman–Crippen MR) is 306 cm³/mol. The molecule has 7 N–H and O–H groups in total. The lowest BCUT2D eigenvalue weighted by Gasteiger charge is -2.41. The van der Waals surface area contributed by atoms with E-state index in [-0.39, 0.29) is 78.8 Å². The minimum atomic E-state index is -0.909. The van der Waals surface area contributed by atoms with E-state index in [0.29, 0.717) is 76.6 Å². The number of carbonyl (C=O) groups is 7. The van der Waals surface area contributed by atoms with Gasteiger partial charge in [0.15, 0.2) is 0 Å². The van der Waals surface area contributed by atoms with Gasteiger partial charge in [-0.15, -0.1) is 0 Å². The molecule has 0 saturated carbocycles. The average Bonchev–Trinajstić information content (AvgIpc) is 3.90. The number of likely N-dealkylation sites (N-methyl/N-ethyl adjacent to an activating group) is 2. The summed E-state index contributed by atoms with van der Waals surface area (Å²) in [6.45, 7) is 23.8. The van der Waals surface area contributed by atoms with Gasteiger partial charge >= 0.3 is 0 Å². The van der Waals surface area contributed by atoms with Crippen LogP contribution in [0.5, 0.6) is 0 Å². The minimum Gasteiger partial charge on any atom is -0.386 e. The zero-order valence-electron chi connectivity index (χ0n) is 51.0. The standard InChI is InChI=1S/C59H104N8O12/c1-17-40(6)52(46(76-15)35-49(70)67-33-24-27-45(67)54(77-16)41(7)55(73)63-42(8)53(72)43-25-20-18-21-26-43)66(14)57(75)44(38(2)3)36-62-56(74)51(39(4)5)65(13)50(71)37-79-59(11,12)31-34-78-58(9,10)30-32-61-47(68)28-22-19-23-29-48(69)64-60/h18,20-21,25-26,38-42,44-46,51-54,72H,17,19,22-24,27-37,60H2,1-16H3,(H,61,68)(H,62,74)(H,63,73)(H,64,69)/t40-,41+,42+,44?,45-,46+,51?,52-,53+,54+/m0/s1. The molecule has 1 fully saturated rings. The maximum absolute atomic E-state index is 14.7. The molecule has 0 aromatic heterocycles. The maximum Gasteiger partial charge on any atom is 0.249 e. The molecule has 1 aromatic carbocycles. The van der Waals surface area contributed by atoms with E-state index < -0.39 is 65.4 Å². The Morgan fingerprint density at radius 2 is 1.42 bits per heavy atom. The molecule has 452 valence electrons. The van der Waals surface area contributed by atoms with Gasteiger partial charge in [-0.05, 0) is 96.5 Å². The Bertz CT molecular complexity index is 2040. The fraction of sp³-hybridized carbons (Fsp3) is 0.780. The fourth-order valence-corrected chi connectivity index (χ4v) is 10.4. The molecule has 2 rings (SSSR count). The van der Waals surface area contributed by atoms with Gasteiger partial charge in [0.05, 0.1) is 72.5 Å². The van der Waals surface area contributed by atoms with E-state index in [0.717, 1.165) is 12.8 Å². The highest BCUT2D eigenvalue weighted by Gasteiger charge is 2.43. The maximum atomic E-state index is 14.7. The van der Waals surface area contributed by atoms with E-state index in [1.807, 2.05) is 87.4 Å². The van der Waals surface area contributed by atoms with Crippen molar-refractivity contribution in [2.24, 2.45) is 35.4 Å². The SMILES string of the molecule is CC[C@H](C)[C@@H]([C@@H](CC(=O)N1CCC[C@H]1[C@H](OC)[C@@H](C)C(=O)N[C@H](C)[C@@H](O)c1ccccc1)OC)N(C)C(=O)C(CNC(=O)C(C(C)C)N(C)C(=O)COC(C)(C)CCOC(C)(C)CCNC(=O)CCCCCC(=O)NN)C(C)C. The summed E-state index contributed by atoms with van der Waals surface area (Å²) >= 11 is 0. The molecule has 0 spiro atoms. The Morgan fingerprint density at radius 1 is 0.797 bits per heavy atom. The van der Waals surface area contributed by atoms with Gasteiger partial charge in [-0.3, -0.25) is 39.0 Å². The van der Waals surface area contributed by atoms with Crippen LogP contribution in [0.2, 0.25) is 0 Å². The lowest BCUT2D eigenvalue weighted by molar-refractivity contribution is -0.150. The van der Waals surface area contributed by atoms with Crippen molar-refractivity contribution in [2.45, 2.75) is 207 Å². The second kappa shape index (κ2) is 34.5. The molecule has 7 amide bonds. The van der Waals surface area contributed by atoms with E-state index in [1.54, 1.807) is 64.1 Å². The van der Waals surface area contributed by atoms with Crippen molar-refractivity contribution >= 4 is 41.4 Å². The number of hydrogen-bond donors (Lipinski definition) is 6. The fourth-order valence-electron chi connectivity index (χ4n) is 10.4. The molecule has 20 heteroatoms. The summed E-state index contributed by atoms with van der Waals surface area (Å²) in [6, 6.07) is 6.81. The summed E-state index contributed by atoms with van der Waals surface area (Å²) in [5.41, 5.74) is 1.52. The molecule has 2 unspecified atom stereocenters. The third-order valence-corrected chi connectivity index (χ3v) is 15.9. The number of ether oxygens (including phenoxy) is 4. The van der Waals surface area contributed by atoms with Crippen LogP contribution in [0.15, 0.2) is 30.3 Å². The Hall–Kier alpha value is -4.73. The number of aliphatic hydroxyl groups is 1. The van der Waals surface area contributed by atoms with Gasteiger partial charge in [0, 0.05) is 60.8 Å². The average molecular weight is 1120 g/mol. The highest BCUT2D eigenvalue weighted by Crippen LogP contribution is 2.31. The van der Waals surface area contributed by atoms with Crippen LogP contribution < -0.4 is 27.2 Å². The highest BCUT2D eigenvalue weighted by molar-refractivity contribution is 5.89. The number of carbonyl (C=O) groups excluding carboxylic acids is 7. The van der Waals surface area contributed by atoms with Gasteiger partial charge in [-0.2, -0.15) is 0 Å². The molecule has 1 aliphatic rings. The highest BCUT2D eigenvalue weighted by atomic mass is 16.5. The van der Waals surface area contributed by atoms with E-state index in [9.17, 15) is 38.7 Å². The summed E-state index contributed by atoms with van der Waals surface area (Å²) in [5, 5.41) is 19.8. The van der Waals surface area contributed by atoms with E-state index in [4.69, 9.17) is 24.8 Å². The van der Waals surface area contributed by atoms with Crippen LogP contribution in [0.3, 0.4) is 0 Å². The zero-order chi connectivity index (χ0) is 59.8. The third kappa shape index (κ3) is 23.0. The van der Waals surface area contributed by atoms with Crippen molar-refractivity contribution in [2.75, 3.05) is 61.2 Å². The number of unbranched alkanes of at least 4 members (excludes halogenated alkanes) is 2. The largest absolute Gasteiger partial charge is 0.386 e. The first-order valence-corrected chi connectivity index (χ1v) is 28.8. The minimum absolute atomic E-state index is 0.0167. The van der Waals surface area contributed by atoms with Crippen LogP contribution in [0.4, 0.5) is 0 Å². The smallest absolute Gasteiger partial charge is 0.249 e. The second-order valence-corrected chi connectivity index (χ2v) is 23.7. The topological polar surface area (TPSA) is 260 Å². The normalized spacial score (nSPS) is 17.4. The molecule has 20 nitrogen and oxygen atoms in total. The molecule has 1 aliphatic heterocycles. The molecule has 0 aliphatic carbocycles. The second-order valence-electron chi connectivity index (χ2n) is 23.7. The van der Waals surface area contributed by atoms with Gasteiger partial charge < -0.3 is 54.7 Å². The van der Waals surface area contributed by atoms with E-state index >= 15 is 0 Å². The number of hydrazine groups is 1.